The lowest BCUT2D eigenvalue weighted by Gasteiger charge is -2.19. The molecule has 0 aliphatic carbocycles. The fourth-order valence-corrected chi connectivity index (χ4v) is 3.24. The van der Waals surface area contributed by atoms with Crippen LogP contribution in [0.3, 0.4) is 0 Å². The van der Waals surface area contributed by atoms with Crippen molar-refractivity contribution < 1.29 is 18.0 Å². The first-order chi connectivity index (χ1) is 14.4. The fourth-order valence-electron chi connectivity index (χ4n) is 3.24. The van der Waals surface area contributed by atoms with Crippen molar-refractivity contribution in [1.82, 2.24) is 9.97 Å². The van der Waals surface area contributed by atoms with Crippen LogP contribution in [-0.4, -0.2) is 15.8 Å². The summed E-state index contributed by atoms with van der Waals surface area (Å²) in [5.74, 6) is 5.22. The SMILES string of the molecule is CC#Cc1cccnc1[C@@H](CC(=O)Cc1cccnc1)c1ccc(C(F)(F)F)cc1. The van der Waals surface area contributed by atoms with Gasteiger partial charge in [0.2, 0.25) is 0 Å². The number of hydrogen-bond acceptors (Lipinski definition) is 3. The monoisotopic (exact) mass is 408 g/mol. The number of alkyl halides is 3. The second-order valence-electron chi connectivity index (χ2n) is 6.76. The molecule has 0 radical (unpaired) electrons. The number of rotatable bonds is 6. The van der Waals surface area contributed by atoms with E-state index < -0.39 is 17.7 Å². The molecule has 0 N–H and O–H groups in total. The number of carbonyl (C=O) groups is 1. The predicted molar refractivity (Wildman–Crippen MR) is 108 cm³/mol. The largest absolute Gasteiger partial charge is 0.416 e. The topological polar surface area (TPSA) is 42.9 Å². The molecule has 0 amide bonds. The summed E-state index contributed by atoms with van der Waals surface area (Å²) in [6, 6.07) is 12.0. The average molecular weight is 408 g/mol. The fraction of sp³-hybridized carbons (Fsp3) is 0.208. The maximum atomic E-state index is 13.0. The van der Waals surface area contributed by atoms with Gasteiger partial charge in [-0.2, -0.15) is 13.2 Å². The zero-order valence-electron chi connectivity index (χ0n) is 16.3. The Morgan fingerprint density at radius 2 is 1.80 bits per heavy atom. The van der Waals surface area contributed by atoms with E-state index in [1.807, 2.05) is 6.07 Å². The van der Waals surface area contributed by atoms with Crippen LogP contribution < -0.4 is 0 Å². The molecule has 0 spiro atoms. The van der Waals surface area contributed by atoms with E-state index in [0.717, 1.165) is 17.7 Å². The molecule has 1 aromatic carbocycles. The van der Waals surface area contributed by atoms with Gasteiger partial charge in [-0.25, -0.2) is 0 Å². The first kappa shape index (κ1) is 21.3. The van der Waals surface area contributed by atoms with Gasteiger partial charge in [-0.15, -0.1) is 5.92 Å². The lowest BCUT2D eigenvalue weighted by atomic mass is 9.86. The highest BCUT2D eigenvalue weighted by molar-refractivity contribution is 5.82. The third kappa shape index (κ3) is 5.32. The van der Waals surface area contributed by atoms with E-state index in [9.17, 15) is 18.0 Å². The summed E-state index contributed by atoms with van der Waals surface area (Å²) >= 11 is 0. The maximum absolute atomic E-state index is 13.0. The summed E-state index contributed by atoms with van der Waals surface area (Å²) in [4.78, 5) is 21.2. The molecule has 2 aromatic heterocycles. The Labute approximate surface area is 173 Å². The third-order valence-corrected chi connectivity index (χ3v) is 4.62. The minimum atomic E-state index is -4.42. The highest BCUT2D eigenvalue weighted by Gasteiger charge is 2.31. The molecule has 0 aliphatic rings. The van der Waals surface area contributed by atoms with Gasteiger partial charge in [-0.3, -0.25) is 14.8 Å². The molecular weight excluding hydrogens is 389 g/mol. The quantitative estimate of drug-likeness (QED) is 0.527. The van der Waals surface area contributed by atoms with E-state index in [2.05, 4.69) is 21.8 Å². The highest BCUT2D eigenvalue weighted by Crippen LogP contribution is 2.33. The van der Waals surface area contributed by atoms with Crippen molar-refractivity contribution in [2.24, 2.45) is 0 Å². The standard InChI is InChI=1S/C24H19F3N2O/c1-2-5-19-7-4-13-29-23(19)22(15-21(30)14-17-6-3-12-28-16-17)18-8-10-20(11-9-18)24(25,26)27/h3-4,6-13,16,22H,14-15H2,1H3/t22-/m0/s1. The third-order valence-electron chi connectivity index (χ3n) is 4.62. The number of pyridine rings is 2. The number of halogens is 3. The number of nitrogens with zero attached hydrogens (tertiary/aromatic N) is 2. The van der Waals surface area contributed by atoms with E-state index in [1.54, 1.807) is 43.7 Å². The maximum Gasteiger partial charge on any atom is 0.416 e. The molecule has 6 heteroatoms. The first-order valence-corrected chi connectivity index (χ1v) is 9.34. The van der Waals surface area contributed by atoms with E-state index in [4.69, 9.17) is 0 Å². The summed E-state index contributed by atoms with van der Waals surface area (Å²) in [7, 11) is 0. The Bertz CT molecular complexity index is 1070. The van der Waals surface area contributed by atoms with E-state index in [1.165, 1.54) is 12.1 Å². The smallest absolute Gasteiger partial charge is 0.299 e. The molecule has 0 aliphatic heterocycles. The van der Waals surface area contributed by atoms with Gasteiger partial charge >= 0.3 is 6.18 Å². The van der Waals surface area contributed by atoms with E-state index in [-0.39, 0.29) is 18.6 Å². The van der Waals surface area contributed by atoms with Gasteiger partial charge in [0.25, 0.3) is 0 Å². The van der Waals surface area contributed by atoms with Crippen LogP contribution in [-0.2, 0) is 17.4 Å². The number of hydrogen-bond donors (Lipinski definition) is 0. The van der Waals surface area contributed by atoms with Gasteiger partial charge in [0.15, 0.2) is 0 Å². The summed E-state index contributed by atoms with van der Waals surface area (Å²) in [5, 5.41) is 0. The van der Waals surface area contributed by atoms with E-state index >= 15 is 0 Å². The van der Waals surface area contributed by atoms with Crippen LogP contribution in [0.15, 0.2) is 67.1 Å². The van der Waals surface area contributed by atoms with Crippen LogP contribution in [0.25, 0.3) is 0 Å². The van der Waals surface area contributed by atoms with Gasteiger partial charge in [-0.05, 0) is 48.4 Å². The Kier molecular flexibility index (Phi) is 6.63. The van der Waals surface area contributed by atoms with Gasteiger partial charge in [0.1, 0.15) is 5.78 Å². The molecule has 3 nitrogen and oxygen atoms in total. The van der Waals surface area contributed by atoms with Crippen molar-refractivity contribution in [2.45, 2.75) is 31.9 Å². The van der Waals surface area contributed by atoms with Crippen LogP contribution >= 0.6 is 0 Å². The molecule has 3 rings (SSSR count). The minimum Gasteiger partial charge on any atom is -0.299 e. The predicted octanol–water partition coefficient (Wildman–Crippen LogP) is 5.20. The molecule has 30 heavy (non-hydrogen) atoms. The molecule has 0 saturated carbocycles. The number of carbonyl (C=O) groups excluding carboxylic acids is 1. The van der Waals surface area contributed by atoms with Crippen molar-refractivity contribution in [1.29, 1.82) is 0 Å². The Balaban J connectivity index is 1.96. The van der Waals surface area contributed by atoms with Gasteiger partial charge in [0, 0.05) is 42.9 Å². The second-order valence-corrected chi connectivity index (χ2v) is 6.76. The van der Waals surface area contributed by atoms with Crippen molar-refractivity contribution >= 4 is 5.78 Å². The summed E-state index contributed by atoms with van der Waals surface area (Å²) in [6.45, 7) is 1.69. The Hall–Kier alpha value is -3.46. The van der Waals surface area contributed by atoms with Gasteiger partial charge < -0.3 is 0 Å². The van der Waals surface area contributed by atoms with Crippen LogP contribution in [0.4, 0.5) is 13.2 Å². The normalized spacial score (nSPS) is 12.0. The molecule has 0 unspecified atom stereocenters. The number of Topliss-reactive ketones (excluding diaryl/α,β-unsaturated/α-hetero) is 1. The van der Waals surface area contributed by atoms with Gasteiger partial charge in [0.05, 0.1) is 11.3 Å². The molecule has 0 saturated heterocycles. The van der Waals surface area contributed by atoms with Crippen molar-refractivity contribution in [3.63, 3.8) is 0 Å². The summed E-state index contributed by atoms with van der Waals surface area (Å²) < 4.78 is 38.9. The first-order valence-electron chi connectivity index (χ1n) is 9.34. The van der Waals surface area contributed by atoms with Gasteiger partial charge in [-0.1, -0.05) is 24.1 Å². The zero-order chi connectivity index (χ0) is 21.6. The van der Waals surface area contributed by atoms with Crippen molar-refractivity contribution in [3.05, 3.63) is 95.1 Å². The van der Waals surface area contributed by atoms with Crippen molar-refractivity contribution in [2.75, 3.05) is 0 Å². The second kappa shape index (κ2) is 9.36. The summed E-state index contributed by atoms with van der Waals surface area (Å²) in [5.41, 5.74) is 1.86. The molecule has 1 atom stereocenters. The van der Waals surface area contributed by atoms with Crippen LogP contribution in [0.2, 0.25) is 0 Å². The van der Waals surface area contributed by atoms with E-state index in [0.29, 0.717) is 16.8 Å². The lowest BCUT2D eigenvalue weighted by Crippen LogP contribution is -2.14. The minimum absolute atomic E-state index is 0.0611. The molecule has 152 valence electrons. The number of benzene rings is 1. The Morgan fingerprint density at radius 1 is 1.07 bits per heavy atom. The van der Waals surface area contributed by atoms with Crippen LogP contribution in [0.1, 0.15) is 47.2 Å². The summed E-state index contributed by atoms with van der Waals surface area (Å²) in [6.07, 6.45) is 0.706. The number of aromatic nitrogens is 2. The average Bonchev–Trinajstić information content (AvgIpc) is 2.73. The van der Waals surface area contributed by atoms with Crippen molar-refractivity contribution in [3.8, 4) is 11.8 Å². The van der Waals surface area contributed by atoms with Crippen LogP contribution in [0.5, 0.6) is 0 Å². The molecular formula is C24H19F3N2O. The lowest BCUT2D eigenvalue weighted by molar-refractivity contribution is -0.137. The zero-order valence-corrected chi connectivity index (χ0v) is 16.3. The molecule has 2 heterocycles. The molecule has 0 bridgehead atoms. The number of ketones is 1. The highest BCUT2D eigenvalue weighted by atomic mass is 19.4. The van der Waals surface area contributed by atoms with Crippen LogP contribution in [0, 0.1) is 11.8 Å². The molecule has 0 fully saturated rings. The Morgan fingerprint density at radius 3 is 2.43 bits per heavy atom. The molecule has 3 aromatic rings.